The van der Waals surface area contributed by atoms with Crippen molar-refractivity contribution < 1.29 is 0 Å². The standard InChI is InChI=1S/C16H25Cl2N3/c1-3-14(11-8-6-5-7-9-11)20-16-13(18)10-12(17)15(21-16)19-4-2/h10-11,14H,3-9H2,1-2H3,(H2,19,20,21). The minimum absolute atomic E-state index is 0.436. The summed E-state index contributed by atoms with van der Waals surface area (Å²) in [5.74, 6) is 2.17. The Hall–Kier alpha value is -0.670. The monoisotopic (exact) mass is 329 g/mol. The van der Waals surface area contributed by atoms with Crippen molar-refractivity contribution in [1.82, 2.24) is 4.98 Å². The summed E-state index contributed by atoms with van der Waals surface area (Å²) in [6, 6.07) is 2.20. The van der Waals surface area contributed by atoms with E-state index in [1.807, 2.05) is 6.92 Å². The van der Waals surface area contributed by atoms with Crippen LogP contribution in [0.5, 0.6) is 0 Å². The zero-order chi connectivity index (χ0) is 15.2. The lowest BCUT2D eigenvalue weighted by Crippen LogP contribution is -2.30. The Morgan fingerprint density at radius 2 is 1.81 bits per heavy atom. The Kier molecular flexibility index (Phi) is 6.43. The van der Waals surface area contributed by atoms with Gasteiger partial charge in [0.25, 0.3) is 0 Å². The zero-order valence-electron chi connectivity index (χ0n) is 12.9. The number of aromatic nitrogens is 1. The highest BCUT2D eigenvalue weighted by atomic mass is 35.5. The first-order valence-electron chi connectivity index (χ1n) is 8.02. The molecule has 0 amide bonds. The fraction of sp³-hybridized carbons (Fsp3) is 0.688. The van der Waals surface area contributed by atoms with Crippen molar-refractivity contribution in [3.63, 3.8) is 0 Å². The Morgan fingerprint density at radius 1 is 1.14 bits per heavy atom. The van der Waals surface area contributed by atoms with Gasteiger partial charge in [0.15, 0.2) is 0 Å². The van der Waals surface area contributed by atoms with Crippen molar-refractivity contribution in [2.75, 3.05) is 17.2 Å². The van der Waals surface area contributed by atoms with Crippen LogP contribution >= 0.6 is 23.2 Å². The fourth-order valence-electron chi connectivity index (χ4n) is 3.12. The summed E-state index contributed by atoms with van der Waals surface area (Å²) in [6.07, 6.45) is 7.74. The molecule has 2 N–H and O–H groups in total. The minimum Gasteiger partial charge on any atom is -0.369 e. The van der Waals surface area contributed by atoms with Gasteiger partial charge in [-0.25, -0.2) is 4.98 Å². The summed E-state index contributed by atoms with van der Waals surface area (Å²) in [6.45, 7) is 5.03. The zero-order valence-corrected chi connectivity index (χ0v) is 14.4. The second kappa shape index (κ2) is 8.09. The highest BCUT2D eigenvalue weighted by Crippen LogP contribution is 2.33. The Balaban J connectivity index is 2.14. The molecule has 1 saturated carbocycles. The largest absolute Gasteiger partial charge is 0.369 e. The van der Waals surface area contributed by atoms with E-state index in [9.17, 15) is 0 Å². The second-order valence-electron chi connectivity index (χ2n) is 5.74. The van der Waals surface area contributed by atoms with E-state index in [4.69, 9.17) is 23.2 Å². The fourth-order valence-corrected chi connectivity index (χ4v) is 3.60. The first-order chi connectivity index (χ1) is 10.2. The molecule has 0 aliphatic heterocycles. The molecule has 0 spiro atoms. The number of nitrogens with zero attached hydrogens (tertiary/aromatic N) is 1. The summed E-state index contributed by atoms with van der Waals surface area (Å²) in [5, 5.41) is 7.88. The summed E-state index contributed by atoms with van der Waals surface area (Å²) in [5.41, 5.74) is 0. The van der Waals surface area contributed by atoms with Crippen LogP contribution in [0.15, 0.2) is 6.07 Å². The molecule has 21 heavy (non-hydrogen) atoms. The van der Waals surface area contributed by atoms with E-state index in [2.05, 4.69) is 22.5 Å². The van der Waals surface area contributed by atoms with Gasteiger partial charge in [0, 0.05) is 12.6 Å². The molecule has 1 aliphatic rings. The maximum atomic E-state index is 6.30. The SMILES string of the molecule is CCNc1nc(NC(CC)C2CCCCC2)c(Cl)cc1Cl. The van der Waals surface area contributed by atoms with Gasteiger partial charge < -0.3 is 10.6 Å². The molecule has 1 aliphatic carbocycles. The Morgan fingerprint density at radius 3 is 2.43 bits per heavy atom. The average molecular weight is 330 g/mol. The molecule has 1 unspecified atom stereocenters. The van der Waals surface area contributed by atoms with Crippen molar-refractivity contribution in [3.05, 3.63) is 16.1 Å². The Bertz CT molecular complexity index is 459. The van der Waals surface area contributed by atoms with Crippen LogP contribution < -0.4 is 10.6 Å². The van der Waals surface area contributed by atoms with Crippen LogP contribution in [0.25, 0.3) is 0 Å². The summed E-state index contributed by atoms with van der Waals surface area (Å²) < 4.78 is 0. The van der Waals surface area contributed by atoms with Crippen LogP contribution in [0.1, 0.15) is 52.4 Å². The molecule has 5 heteroatoms. The van der Waals surface area contributed by atoms with Gasteiger partial charge in [0.05, 0.1) is 10.0 Å². The molecule has 1 aromatic rings. The van der Waals surface area contributed by atoms with Crippen LogP contribution in [0.4, 0.5) is 11.6 Å². The van der Waals surface area contributed by atoms with Gasteiger partial charge in [-0.3, -0.25) is 0 Å². The molecule has 0 saturated heterocycles. The number of hydrogen-bond acceptors (Lipinski definition) is 3. The molecule has 2 rings (SSSR count). The molecular weight excluding hydrogens is 305 g/mol. The molecule has 0 radical (unpaired) electrons. The first-order valence-corrected chi connectivity index (χ1v) is 8.77. The molecule has 0 bridgehead atoms. The number of nitrogens with one attached hydrogen (secondary N) is 2. The molecule has 3 nitrogen and oxygen atoms in total. The predicted molar refractivity (Wildman–Crippen MR) is 92.7 cm³/mol. The quantitative estimate of drug-likeness (QED) is 0.714. The first kappa shape index (κ1) is 16.7. The lowest BCUT2D eigenvalue weighted by molar-refractivity contribution is 0.312. The highest BCUT2D eigenvalue weighted by Gasteiger charge is 2.23. The van der Waals surface area contributed by atoms with Crippen molar-refractivity contribution in [2.45, 2.75) is 58.4 Å². The van der Waals surface area contributed by atoms with E-state index < -0.39 is 0 Å². The molecule has 0 aromatic carbocycles. The van der Waals surface area contributed by atoms with E-state index in [-0.39, 0.29) is 0 Å². The molecule has 1 heterocycles. The van der Waals surface area contributed by atoms with Gasteiger partial charge in [-0.15, -0.1) is 0 Å². The van der Waals surface area contributed by atoms with E-state index >= 15 is 0 Å². The van der Waals surface area contributed by atoms with E-state index in [1.54, 1.807) is 6.07 Å². The van der Waals surface area contributed by atoms with Gasteiger partial charge in [-0.2, -0.15) is 0 Å². The Labute approximate surface area is 137 Å². The third-order valence-electron chi connectivity index (χ3n) is 4.25. The van der Waals surface area contributed by atoms with Crippen LogP contribution in [0, 0.1) is 5.92 Å². The summed E-state index contributed by atoms with van der Waals surface area (Å²) in [7, 11) is 0. The minimum atomic E-state index is 0.436. The number of anilines is 2. The third kappa shape index (κ3) is 4.40. The molecule has 118 valence electrons. The maximum absolute atomic E-state index is 6.30. The average Bonchev–Trinajstić information content (AvgIpc) is 2.50. The van der Waals surface area contributed by atoms with Gasteiger partial charge >= 0.3 is 0 Å². The van der Waals surface area contributed by atoms with Gasteiger partial charge in [-0.05, 0) is 38.2 Å². The van der Waals surface area contributed by atoms with E-state index in [0.29, 0.717) is 21.9 Å². The lowest BCUT2D eigenvalue weighted by atomic mass is 9.83. The molecule has 1 fully saturated rings. The number of rotatable bonds is 6. The molecule has 1 aromatic heterocycles. The highest BCUT2D eigenvalue weighted by molar-refractivity contribution is 6.37. The van der Waals surface area contributed by atoms with Crippen LogP contribution in [0.3, 0.4) is 0 Å². The van der Waals surface area contributed by atoms with Gasteiger partial charge in [-0.1, -0.05) is 49.4 Å². The number of halogens is 2. The van der Waals surface area contributed by atoms with Crippen molar-refractivity contribution in [1.29, 1.82) is 0 Å². The van der Waals surface area contributed by atoms with Crippen LogP contribution in [-0.4, -0.2) is 17.6 Å². The van der Waals surface area contributed by atoms with Crippen molar-refractivity contribution in [3.8, 4) is 0 Å². The second-order valence-corrected chi connectivity index (χ2v) is 6.55. The van der Waals surface area contributed by atoms with Crippen LogP contribution in [0.2, 0.25) is 10.0 Å². The van der Waals surface area contributed by atoms with Gasteiger partial charge in [0.1, 0.15) is 11.6 Å². The smallest absolute Gasteiger partial charge is 0.147 e. The third-order valence-corrected chi connectivity index (χ3v) is 4.83. The molecular formula is C16H25Cl2N3. The van der Waals surface area contributed by atoms with Crippen molar-refractivity contribution >= 4 is 34.8 Å². The normalized spacial score (nSPS) is 17.5. The van der Waals surface area contributed by atoms with Crippen molar-refractivity contribution in [2.24, 2.45) is 5.92 Å². The lowest BCUT2D eigenvalue weighted by Gasteiger charge is -2.31. The molecule has 1 atom stereocenters. The topological polar surface area (TPSA) is 37.0 Å². The number of hydrogen-bond donors (Lipinski definition) is 2. The van der Waals surface area contributed by atoms with E-state index in [0.717, 1.165) is 24.7 Å². The maximum Gasteiger partial charge on any atom is 0.147 e. The number of pyridine rings is 1. The van der Waals surface area contributed by atoms with Gasteiger partial charge in [0.2, 0.25) is 0 Å². The summed E-state index contributed by atoms with van der Waals surface area (Å²) in [4.78, 5) is 4.56. The van der Waals surface area contributed by atoms with Crippen LogP contribution in [-0.2, 0) is 0 Å². The predicted octanol–water partition coefficient (Wildman–Crippen LogP) is 5.59. The van der Waals surface area contributed by atoms with E-state index in [1.165, 1.54) is 32.1 Å². The summed E-state index contributed by atoms with van der Waals surface area (Å²) >= 11 is 12.5.